The summed E-state index contributed by atoms with van der Waals surface area (Å²) in [7, 11) is 2.00. The molecule has 0 aliphatic heterocycles. The summed E-state index contributed by atoms with van der Waals surface area (Å²) < 4.78 is 0. The highest BCUT2D eigenvalue weighted by Gasteiger charge is 2.10. The van der Waals surface area contributed by atoms with Crippen molar-refractivity contribution in [1.82, 2.24) is 5.32 Å². The van der Waals surface area contributed by atoms with Gasteiger partial charge in [0.15, 0.2) is 0 Å². The van der Waals surface area contributed by atoms with Crippen LogP contribution in [0.1, 0.15) is 17.2 Å². The van der Waals surface area contributed by atoms with E-state index in [1.807, 2.05) is 13.1 Å². The van der Waals surface area contributed by atoms with Gasteiger partial charge in [-0.3, -0.25) is 0 Å². The zero-order chi connectivity index (χ0) is 12.1. The van der Waals surface area contributed by atoms with E-state index in [0.29, 0.717) is 0 Å². The van der Waals surface area contributed by atoms with E-state index in [9.17, 15) is 0 Å². The van der Waals surface area contributed by atoms with Gasteiger partial charge in [0, 0.05) is 4.90 Å². The predicted octanol–water partition coefficient (Wildman–Crippen LogP) is 3.72. The summed E-state index contributed by atoms with van der Waals surface area (Å²) in [5, 5.41) is 3.37. The SMILES string of the molecule is CNC(c1ccccc1)c1ccc(SC)cc1. The Kier molecular flexibility index (Phi) is 4.24. The van der Waals surface area contributed by atoms with Crippen LogP contribution in [0.25, 0.3) is 0 Å². The van der Waals surface area contributed by atoms with Crippen LogP contribution in [0.3, 0.4) is 0 Å². The van der Waals surface area contributed by atoms with Crippen molar-refractivity contribution < 1.29 is 0 Å². The zero-order valence-corrected chi connectivity index (χ0v) is 11.0. The molecule has 2 rings (SSSR count). The quantitative estimate of drug-likeness (QED) is 0.821. The molecular formula is C15H17NS. The van der Waals surface area contributed by atoms with E-state index in [1.54, 1.807) is 11.8 Å². The molecule has 0 aliphatic carbocycles. The van der Waals surface area contributed by atoms with Gasteiger partial charge in [0.1, 0.15) is 0 Å². The van der Waals surface area contributed by atoms with Crippen molar-refractivity contribution in [2.24, 2.45) is 0 Å². The molecule has 2 aromatic rings. The Morgan fingerprint density at radius 3 is 2.00 bits per heavy atom. The first-order valence-corrected chi connectivity index (χ1v) is 6.94. The molecule has 0 aliphatic rings. The Morgan fingerprint density at radius 1 is 0.882 bits per heavy atom. The monoisotopic (exact) mass is 243 g/mol. The lowest BCUT2D eigenvalue weighted by Crippen LogP contribution is -2.17. The van der Waals surface area contributed by atoms with Crippen molar-refractivity contribution in [2.45, 2.75) is 10.9 Å². The standard InChI is InChI=1S/C15H17NS/c1-16-15(12-6-4-3-5-7-12)13-8-10-14(17-2)11-9-13/h3-11,15-16H,1-2H3. The number of rotatable bonds is 4. The molecule has 0 saturated carbocycles. The molecule has 0 radical (unpaired) electrons. The average molecular weight is 243 g/mol. The highest BCUT2D eigenvalue weighted by Crippen LogP contribution is 2.23. The van der Waals surface area contributed by atoms with Crippen molar-refractivity contribution in [3.05, 3.63) is 65.7 Å². The molecule has 1 atom stereocenters. The van der Waals surface area contributed by atoms with Crippen LogP contribution in [0.4, 0.5) is 0 Å². The van der Waals surface area contributed by atoms with Gasteiger partial charge in [-0.05, 0) is 36.6 Å². The van der Waals surface area contributed by atoms with Gasteiger partial charge in [-0.1, -0.05) is 42.5 Å². The van der Waals surface area contributed by atoms with Crippen LogP contribution in [-0.4, -0.2) is 13.3 Å². The van der Waals surface area contributed by atoms with Gasteiger partial charge in [-0.25, -0.2) is 0 Å². The lowest BCUT2D eigenvalue weighted by molar-refractivity contribution is 0.691. The van der Waals surface area contributed by atoms with Crippen LogP contribution in [0.5, 0.6) is 0 Å². The van der Waals surface area contributed by atoms with Gasteiger partial charge >= 0.3 is 0 Å². The van der Waals surface area contributed by atoms with E-state index in [0.717, 1.165) is 0 Å². The van der Waals surface area contributed by atoms with Crippen LogP contribution in [-0.2, 0) is 0 Å². The molecule has 0 spiro atoms. The second kappa shape index (κ2) is 5.89. The maximum absolute atomic E-state index is 3.37. The largest absolute Gasteiger partial charge is 0.309 e. The van der Waals surface area contributed by atoms with Gasteiger partial charge in [-0.15, -0.1) is 11.8 Å². The number of nitrogens with one attached hydrogen (secondary N) is 1. The molecular weight excluding hydrogens is 226 g/mol. The topological polar surface area (TPSA) is 12.0 Å². The van der Waals surface area contributed by atoms with Crippen molar-refractivity contribution in [3.63, 3.8) is 0 Å². The summed E-state index contributed by atoms with van der Waals surface area (Å²) in [4.78, 5) is 1.30. The maximum Gasteiger partial charge on any atom is 0.0574 e. The first-order valence-electron chi connectivity index (χ1n) is 5.71. The molecule has 1 N–H and O–H groups in total. The van der Waals surface area contributed by atoms with Gasteiger partial charge in [0.05, 0.1) is 6.04 Å². The Hall–Kier alpha value is -1.25. The number of thioether (sulfide) groups is 1. The molecule has 1 nitrogen and oxygen atoms in total. The summed E-state index contributed by atoms with van der Waals surface area (Å²) in [5.74, 6) is 0. The van der Waals surface area contributed by atoms with E-state index in [2.05, 4.69) is 60.1 Å². The van der Waals surface area contributed by atoms with Crippen LogP contribution < -0.4 is 5.32 Å². The van der Waals surface area contributed by atoms with Crippen LogP contribution >= 0.6 is 11.8 Å². The summed E-state index contributed by atoms with van der Waals surface area (Å²) in [6.45, 7) is 0. The minimum atomic E-state index is 0.270. The van der Waals surface area contributed by atoms with Crippen LogP contribution in [0.2, 0.25) is 0 Å². The van der Waals surface area contributed by atoms with Gasteiger partial charge < -0.3 is 5.32 Å². The Balaban J connectivity index is 2.29. The van der Waals surface area contributed by atoms with Gasteiger partial charge in [-0.2, -0.15) is 0 Å². The molecule has 0 aromatic heterocycles. The normalized spacial score (nSPS) is 12.4. The van der Waals surface area contributed by atoms with Crippen molar-refractivity contribution in [1.29, 1.82) is 0 Å². The summed E-state index contributed by atoms with van der Waals surface area (Å²) in [5.41, 5.74) is 2.60. The van der Waals surface area contributed by atoms with Gasteiger partial charge in [0.25, 0.3) is 0 Å². The molecule has 1 unspecified atom stereocenters. The first kappa shape index (κ1) is 12.2. The molecule has 88 valence electrons. The van der Waals surface area contributed by atoms with Crippen molar-refractivity contribution in [3.8, 4) is 0 Å². The second-order valence-electron chi connectivity index (χ2n) is 3.91. The Labute approximate surface area is 107 Å². The summed E-state index contributed by atoms with van der Waals surface area (Å²) in [6, 6.07) is 19.5. The molecule has 0 amide bonds. The van der Waals surface area contributed by atoms with Crippen LogP contribution in [0.15, 0.2) is 59.5 Å². The van der Waals surface area contributed by atoms with Crippen molar-refractivity contribution in [2.75, 3.05) is 13.3 Å². The molecule has 0 saturated heterocycles. The van der Waals surface area contributed by atoms with E-state index in [1.165, 1.54) is 16.0 Å². The fraction of sp³-hybridized carbons (Fsp3) is 0.200. The lowest BCUT2D eigenvalue weighted by Gasteiger charge is -2.17. The number of hydrogen-bond acceptors (Lipinski definition) is 2. The first-order chi connectivity index (χ1) is 8.35. The number of benzene rings is 2. The van der Waals surface area contributed by atoms with E-state index in [-0.39, 0.29) is 6.04 Å². The lowest BCUT2D eigenvalue weighted by atomic mass is 9.99. The molecule has 2 aromatic carbocycles. The Morgan fingerprint density at radius 2 is 1.47 bits per heavy atom. The minimum Gasteiger partial charge on any atom is -0.309 e. The predicted molar refractivity (Wildman–Crippen MR) is 75.6 cm³/mol. The third kappa shape index (κ3) is 2.90. The molecule has 2 heteroatoms. The second-order valence-corrected chi connectivity index (χ2v) is 4.79. The minimum absolute atomic E-state index is 0.270. The highest BCUT2D eigenvalue weighted by molar-refractivity contribution is 7.98. The van der Waals surface area contributed by atoms with Crippen molar-refractivity contribution >= 4 is 11.8 Å². The zero-order valence-electron chi connectivity index (χ0n) is 10.2. The van der Waals surface area contributed by atoms with E-state index in [4.69, 9.17) is 0 Å². The number of hydrogen-bond donors (Lipinski definition) is 1. The molecule has 0 heterocycles. The smallest absolute Gasteiger partial charge is 0.0574 e. The average Bonchev–Trinajstić information content (AvgIpc) is 2.42. The molecule has 0 bridgehead atoms. The third-order valence-electron chi connectivity index (χ3n) is 2.87. The summed E-state index contributed by atoms with van der Waals surface area (Å²) >= 11 is 1.77. The Bertz CT molecular complexity index is 450. The maximum atomic E-state index is 3.37. The molecule has 17 heavy (non-hydrogen) atoms. The van der Waals surface area contributed by atoms with Crippen LogP contribution in [0, 0.1) is 0 Å². The molecule has 0 fully saturated rings. The van der Waals surface area contributed by atoms with E-state index >= 15 is 0 Å². The highest BCUT2D eigenvalue weighted by atomic mass is 32.2. The summed E-state index contributed by atoms with van der Waals surface area (Å²) in [6.07, 6.45) is 2.10. The fourth-order valence-corrected chi connectivity index (χ4v) is 2.38. The fourth-order valence-electron chi connectivity index (χ4n) is 1.97. The third-order valence-corrected chi connectivity index (χ3v) is 3.61. The van der Waals surface area contributed by atoms with Gasteiger partial charge in [0.2, 0.25) is 0 Å². The van der Waals surface area contributed by atoms with E-state index < -0.39 is 0 Å².